The van der Waals surface area contributed by atoms with Crippen LogP contribution >= 0.6 is 0 Å². The molecular formula is C15H25N3O2S. The lowest BCUT2D eigenvalue weighted by molar-refractivity contribution is 0.0934. The second-order valence-corrected chi connectivity index (χ2v) is 9.36. The molecule has 0 amide bonds. The first kappa shape index (κ1) is 16.2. The summed E-state index contributed by atoms with van der Waals surface area (Å²) in [6, 6.07) is 2.81. The molecular weight excluding hydrogens is 286 g/mol. The van der Waals surface area contributed by atoms with Crippen LogP contribution in [-0.2, 0) is 10.0 Å². The number of hydrogen-bond donors (Lipinski definition) is 2. The average molecular weight is 311 g/mol. The summed E-state index contributed by atoms with van der Waals surface area (Å²) in [6.07, 6.45) is 4.20. The predicted octanol–water partition coefficient (Wildman–Crippen LogP) is 2.55. The standard InChI is InChI=1S/C15H25N3O2S/c1-14(2)8-11(9-15(3,4)10-14)18-21(19,20)12-5-6-17-13(16)7-12/h5-7,11,18H,8-10H2,1-4H3,(H2,16,17). The molecule has 6 heteroatoms. The van der Waals surface area contributed by atoms with E-state index in [1.165, 1.54) is 18.3 Å². The van der Waals surface area contributed by atoms with Crippen molar-refractivity contribution in [2.24, 2.45) is 10.8 Å². The number of pyridine rings is 1. The lowest BCUT2D eigenvalue weighted by Gasteiger charge is -2.45. The Labute approximate surface area is 127 Å². The van der Waals surface area contributed by atoms with Crippen LogP contribution in [0.1, 0.15) is 47.0 Å². The highest BCUT2D eigenvalue weighted by Crippen LogP contribution is 2.45. The number of sulfonamides is 1. The smallest absolute Gasteiger partial charge is 0.241 e. The monoisotopic (exact) mass is 311 g/mol. The fraction of sp³-hybridized carbons (Fsp3) is 0.667. The molecule has 0 bridgehead atoms. The Kier molecular flexibility index (Phi) is 4.06. The first-order valence-corrected chi connectivity index (χ1v) is 8.71. The molecule has 1 heterocycles. The number of nitrogen functional groups attached to an aromatic ring is 1. The lowest BCUT2D eigenvalue weighted by Crippen LogP contribution is -2.45. The number of aromatic nitrogens is 1. The van der Waals surface area contributed by atoms with Gasteiger partial charge in [-0.2, -0.15) is 0 Å². The van der Waals surface area contributed by atoms with Crippen molar-refractivity contribution in [3.8, 4) is 0 Å². The molecule has 0 unspecified atom stereocenters. The van der Waals surface area contributed by atoms with Crippen LogP contribution in [0.3, 0.4) is 0 Å². The van der Waals surface area contributed by atoms with Crippen LogP contribution in [-0.4, -0.2) is 19.4 Å². The average Bonchev–Trinajstić information content (AvgIpc) is 2.23. The van der Waals surface area contributed by atoms with E-state index in [1.54, 1.807) is 0 Å². The molecule has 5 nitrogen and oxygen atoms in total. The number of hydrogen-bond acceptors (Lipinski definition) is 4. The number of nitrogens with zero attached hydrogens (tertiary/aromatic N) is 1. The summed E-state index contributed by atoms with van der Waals surface area (Å²) in [7, 11) is -3.55. The zero-order chi connectivity index (χ0) is 15.9. The molecule has 2 rings (SSSR count). The molecule has 21 heavy (non-hydrogen) atoms. The summed E-state index contributed by atoms with van der Waals surface area (Å²) in [6.45, 7) is 8.78. The second-order valence-electron chi connectivity index (χ2n) is 7.65. The van der Waals surface area contributed by atoms with Crippen LogP contribution in [0.25, 0.3) is 0 Å². The Morgan fingerprint density at radius 3 is 2.33 bits per heavy atom. The van der Waals surface area contributed by atoms with E-state index in [-0.39, 0.29) is 27.6 Å². The third kappa shape index (κ3) is 4.17. The molecule has 1 saturated carbocycles. The molecule has 0 spiro atoms. The number of nitrogens with one attached hydrogen (secondary N) is 1. The molecule has 0 atom stereocenters. The van der Waals surface area contributed by atoms with Crippen LogP contribution in [0.4, 0.5) is 5.82 Å². The molecule has 1 fully saturated rings. The summed E-state index contributed by atoms with van der Waals surface area (Å²) in [5, 5.41) is 0. The van der Waals surface area contributed by atoms with Crippen LogP contribution in [0, 0.1) is 10.8 Å². The molecule has 3 N–H and O–H groups in total. The number of rotatable bonds is 3. The minimum atomic E-state index is -3.55. The highest BCUT2D eigenvalue weighted by molar-refractivity contribution is 7.89. The third-order valence-corrected chi connectivity index (χ3v) is 5.46. The quantitative estimate of drug-likeness (QED) is 0.898. The fourth-order valence-electron chi connectivity index (χ4n) is 3.81. The van der Waals surface area contributed by atoms with E-state index in [0.717, 1.165) is 19.3 Å². The van der Waals surface area contributed by atoms with Gasteiger partial charge in [0.2, 0.25) is 10.0 Å². The number of nitrogens with two attached hydrogens (primary N) is 1. The summed E-state index contributed by atoms with van der Waals surface area (Å²) < 4.78 is 27.8. The van der Waals surface area contributed by atoms with E-state index in [4.69, 9.17) is 5.73 Å². The molecule has 1 aliphatic rings. The lowest BCUT2D eigenvalue weighted by atomic mass is 9.64. The van der Waals surface area contributed by atoms with Gasteiger partial charge < -0.3 is 5.73 Å². The summed E-state index contributed by atoms with van der Waals surface area (Å²) >= 11 is 0. The topological polar surface area (TPSA) is 85.1 Å². The maximum Gasteiger partial charge on any atom is 0.241 e. The molecule has 1 aliphatic carbocycles. The Bertz CT molecular complexity index is 608. The molecule has 1 aromatic rings. The van der Waals surface area contributed by atoms with Gasteiger partial charge in [-0.3, -0.25) is 0 Å². The van der Waals surface area contributed by atoms with Crippen LogP contribution in [0.2, 0.25) is 0 Å². The Morgan fingerprint density at radius 2 is 1.81 bits per heavy atom. The van der Waals surface area contributed by atoms with Crippen molar-refractivity contribution in [3.63, 3.8) is 0 Å². The Hall–Kier alpha value is -1.14. The maximum absolute atomic E-state index is 12.5. The normalized spacial score (nSPS) is 22.1. The van der Waals surface area contributed by atoms with Gasteiger partial charge in [0.25, 0.3) is 0 Å². The first-order valence-electron chi connectivity index (χ1n) is 7.23. The van der Waals surface area contributed by atoms with Gasteiger partial charge in [-0.1, -0.05) is 27.7 Å². The van der Waals surface area contributed by atoms with Gasteiger partial charge in [0.05, 0.1) is 4.90 Å². The van der Waals surface area contributed by atoms with Crippen molar-refractivity contribution in [3.05, 3.63) is 18.3 Å². The van der Waals surface area contributed by atoms with Crippen LogP contribution in [0.5, 0.6) is 0 Å². The molecule has 1 aromatic heterocycles. The summed E-state index contributed by atoms with van der Waals surface area (Å²) in [5.74, 6) is 0.210. The van der Waals surface area contributed by atoms with E-state index in [1.807, 2.05) is 0 Å². The minimum Gasteiger partial charge on any atom is -0.384 e. The van der Waals surface area contributed by atoms with Gasteiger partial charge in [-0.05, 0) is 36.2 Å². The zero-order valence-electron chi connectivity index (χ0n) is 13.2. The molecule has 0 saturated heterocycles. The van der Waals surface area contributed by atoms with Crippen molar-refractivity contribution in [1.82, 2.24) is 9.71 Å². The van der Waals surface area contributed by atoms with Crippen molar-refractivity contribution < 1.29 is 8.42 Å². The molecule has 0 aromatic carbocycles. The van der Waals surface area contributed by atoms with Crippen LogP contribution in [0.15, 0.2) is 23.2 Å². The van der Waals surface area contributed by atoms with E-state index in [2.05, 4.69) is 37.4 Å². The number of anilines is 1. The predicted molar refractivity (Wildman–Crippen MR) is 84.2 cm³/mol. The Balaban J connectivity index is 2.20. The van der Waals surface area contributed by atoms with Gasteiger partial charge in [0.15, 0.2) is 0 Å². The van der Waals surface area contributed by atoms with Crippen molar-refractivity contribution in [1.29, 1.82) is 0 Å². The van der Waals surface area contributed by atoms with E-state index in [9.17, 15) is 8.42 Å². The third-order valence-electron chi connectivity index (χ3n) is 3.94. The van der Waals surface area contributed by atoms with Crippen molar-refractivity contribution >= 4 is 15.8 Å². The van der Waals surface area contributed by atoms with Gasteiger partial charge in [-0.25, -0.2) is 18.1 Å². The SMILES string of the molecule is CC1(C)CC(NS(=O)(=O)c2ccnc(N)c2)CC(C)(C)C1. The van der Waals surface area contributed by atoms with Gasteiger partial charge >= 0.3 is 0 Å². The van der Waals surface area contributed by atoms with E-state index in [0.29, 0.717) is 0 Å². The summed E-state index contributed by atoms with van der Waals surface area (Å²) in [4.78, 5) is 4.01. The zero-order valence-corrected chi connectivity index (χ0v) is 14.0. The minimum absolute atomic E-state index is 0.0526. The van der Waals surface area contributed by atoms with Crippen molar-refractivity contribution in [2.45, 2.75) is 57.9 Å². The van der Waals surface area contributed by atoms with Gasteiger partial charge in [0.1, 0.15) is 5.82 Å². The van der Waals surface area contributed by atoms with E-state index >= 15 is 0 Å². The maximum atomic E-state index is 12.5. The van der Waals surface area contributed by atoms with Crippen LogP contribution < -0.4 is 10.5 Å². The Morgan fingerprint density at radius 1 is 1.24 bits per heavy atom. The second kappa shape index (κ2) is 5.25. The first-order chi connectivity index (χ1) is 9.49. The van der Waals surface area contributed by atoms with Gasteiger partial charge in [0, 0.05) is 18.3 Å². The molecule has 118 valence electrons. The largest absolute Gasteiger partial charge is 0.384 e. The van der Waals surface area contributed by atoms with Crippen molar-refractivity contribution in [2.75, 3.05) is 5.73 Å². The highest BCUT2D eigenvalue weighted by atomic mass is 32.2. The molecule has 0 radical (unpaired) electrons. The fourth-order valence-corrected chi connectivity index (χ4v) is 5.07. The summed E-state index contributed by atoms with van der Waals surface area (Å²) in [5.41, 5.74) is 5.83. The van der Waals surface area contributed by atoms with E-state index < -0.39 is 10.0 Å². The van der Waals surface area contributed by atoms with Gasteiger partial charge in [-0.15, -0.1) is 0 Å². The highest BCUT2D eigenvalue weighted by Gasteiger charge is 2.39. The molecule has 0 aliphatic heterocycles.